The summed E-state index contributed by atoms with van der Waals surface area (Å²) in [7, 11) is 0. The maximum absolute atomic E-state index is 12.2. The second-order valence-corrected chi connectivity index (χ2v) is 3.40. The largest absolute Gasteiger partial charge is 0.491 e. The van der Waals surface area contributed by atoms with Gasteiger partial charge in [0.05, 0.1) is 11.7 Å². The predicted molar refractivity (Wildman–Crippen MR) is 63.6 cm³/mol. The first-order valence-electron chi connectivity index (χ1n) is 4.91. The van der Waals surface area contributed by atoms with E-state index in [0.717, 1.165) is 12.1 Å². The Labute approximate surface area is 105 Å². The van der Waals surface area contributed by atoms with Crippen molar-refractivity contribution in [3.8, 4) is 5.75 Å². The van der Waals surface area contributed by atoms with Gasteiger partial charge in [0.15, 0.2) is 0 Å². The van der Waals surface area contributed by atoms with Crippen LogP contribution >= 0.6 is 13.5 Å². The van der Waals surface area contributed by atoms with Crippen molar-refractivity contribution in [2.24, 2.45) is 0 Å². The van der Waals surface area contributed by atoms with Crippen molar-refractivity contribution in [1.29, 1.82) is 0 Å². The molecule has 98 valence electrons. The van der Waals surface area contributed by atoms with Gasteiger partial charge in [-0.15, -0.1) is 0 Å². The number of benzene rings is 1. The number of rotatable bonds is 4. The third-order valence-corrected chi connectivity index (χ3v) is 2.10. The maximum Gasteiger partial charge on any atom is 0.416 e. The minimum atomic E-state index is -4.33. The molecule has 0 bridgehead atoms. The van der Waals surface area contributed by atoms with E-state index in [1.54, 1.807) is 6.92 Å². The SMILES string of the molecule is CC[C@H](O)COc1ccc(C(F)(F)F)cc1.S. The molecule has 17 heavy (non-hydrogen) atoms. The van der Waals surface area contributed by atoms with Crippen LogP contribution in [0, 0.1) is 0 Å². The Morgan fingerprint density at radius 1 is 1.24 bits per heavy atom. The van der Waals surface area contributed by atoms with Gasteiger partial charge in [0.2, 0.25) is 0 Å². The van der Waals surface area contributed by atoms with E-state index in [2.05, 4.69) is 0 Å². The summed E-state index contributed by atoms with van der Waals surface area (Å²) in [6.07, 6.45) is -4.38. The van der Waals surface area contributed by atoms with Crippen LogP contribution in [0.4, 0.5) is 13.2 Å². The molecule has 0 amide bonds. The van der Waals surface area contributed by atoms with Gasteiger partial charge in [0.25, 0.3) is 0 Å². The van der Waals surface area contributed by atoms with E-state index in [1.807, 2.05) is 0 Å². The van der Waals surface area contributed by atoms with Crippen molar-refractivity contribution in [1.82, 2.24) is 0 Å². The summed E-state index contributed by atoms with van der Waals surface area (Å²) in [4.78, 5) is 0. The van der Waals surface area contributed by atoms with Crippen LogP contribution in [0.25, 0.3) is 0 Å². The monoisotopic (exact) mass is 268 g/mol. The molecule has 1 aromatic carbocycles. The first kappa shape index (κ1) is 16.1. The Morgan fingerprint density at radius 3 is 2.18 bits per heavy atom. The van der Waals surface area contributed by atoms with Crippen LogP contribution in [0.2, 0.25) is 0 Å². The second kappa shape index (κ2) is 6.76. The lowest BCUT2D eigenvalue weighted by molar-refractivity contribution is -0.137. The van der Waals surface area contributed by atoms with Crippen molar-refractivity contribution in [3.63, 3.8) is 0 Å². The van der Waals surface area contributed by atoms with E-state index < -0.39 is 17.8 Å². The molecular formula is C11H15F3O2S. The van der Waals surface area contributed by atoms with E-state index in [4.69, 9.17) is 4.74 Å². The van der Waals surface area contributed by atoms with Crippen molar-refractivity contribution >= 4 is 13.5 Å². The van der Waals surface area contributed by atoms with E-state index in [-0.39, 0.29) is 20.1 Å². The van der Waals surface area contributed by atoms with Gasteiger partial charge in [0, 0.05) is 0 Å². The molecule has 0 saturated carbocycles. The third-order valence-electron chi connectivity index (χ3n) is 2.10. The zero-order valence-corrected chi connectivity index (χ0v) is 10.3. The summed E-state index contributed by atoms with van der Waals surface area (Å²) in [6, 6.07) is 4.39. The van der Waals surface area contributed by atoms with Crippen LogP contribution in [-0.4, -0.2) is 17.8 Å². The third kappa shape index (κ3) is 5.32. The van der Waals surface area contributed by atoms with E-state index in [9.17, 15) is 18.3 Å². The summed E-state index contributed by atoms with van der Waals surface area (Å²) >= 11 is 0. The lowest BCUT2D eigenvalue weighted by Crippen LogP contribution is -2.16. The highest BCUT2D eigenvalue weighted by atomic mass is 32.1. The Bertz CT molecular complexity index is 324. The van der Waals surface area contributed by atoms with Gasteiger partial charge in [-0.25, -0.2) is 0 Å². The van der Waals surface area contributed by atoms with E-state index >= 15 is 0 Å². The first-order valence-corrected chi connectivity index (χ1v) is 4.91. The van der Waals surface area contributed by atoms with Crippen LogP contribution in [0.15, 0.2) is 24.3 Å². The molecule has 0 fully saturated rings. The highest BCUT2D eigenvalue weighted by Crippen LogP contribution is 2.30. The van der Waals surface area contributed by atoms with Gasteiger partial charge >= 0.3 is 6.18 Å². The topological polar surface area (TPSA) is 29.5 Å². The number of ether oxygens (including phenoxy) is 1. The standard InChI is InChI=1S/C11H13F3O2.H2S/c1-2-9(15)7-16-10-5-3-8(4-6-10)11(12,13)14;/h3-6,9,15H,2,7H2,1H3;1H2/t9-;/m0./s1. The molecule has 0 aromatic heterocycles. The van der Waals surface area contributed by atoms with Gasteiger partial charge < -0.3 is 9.84 Å². The molecule has 2 nitrogen and oxygen atoms in total. The molecule has 1 aromatic rings. The molecule has 0 unspecified atom stereocenters. The molecule has 1 atom stereocenters. The van der Waals surface area contributed by atoms with Crippen molar-refractivity contribution < 1.29 is 23.0 Å². The van der Waals surface area contributed by atoms with Gasteiger partial charge in [-0.05, 0) is 30.7 Å². The summed E-state index contributed by atoms with van der Waals surface area (Å²) < 4.78 is 41.7. The summed E-state index contributed by atoms with van der Waals surface area (Å²) in [6.45, 7) is 1.88. The number of halogens is 3. The molecule has 1 N–H and O–H groups in total. The van der Waals surface area contributed by atoms with Gasteiger partial charge in [-0.3, -0.25) is 0 Å². The number of hydrogen-bond donors (Lipinski definition) is 1. The molecule has 0 spiro atoms. The molecule has 0 saturated heterocycles. The molecular weight excluding hydrogens is 253 g/mol. The lowest BCUT2D eigenvalue weighted by atomic mass is 10.2. The van der Waals surface area contributed by atoms with Crippen molar-refractivity contribution in [3.05, 3.63) is 29.8 Å². The summed E-state index contributed by atoms with van der Waals surface area (Å²) in [5.41, 5.74) is -0.712. The summed E-state index contributed by atoms with van der Waals surface area (Å²) in [5, 5.41) is 9.20. The maximum atomic E-state index is 12.2. The first-order chi connectivity index (χ1) is 7.43. The van der Waals surface area contributed by atoms with Crippen LogP contribution in [0.5, 0.6) is 5.75 Å². The van der Waals surface area contributed by atoms with Gasteiger partial charge in [-0.1, -0.05) is 6.92 Å². The van der Waals surface area contributed by atoms with Gasteiger partial charge in [-0.2, -0.15) is 26.7 Å². The number of alkyl halides is 3. The number of aliphatic hydroxyl groups excluding tert-OH is 1. The van der Waals surface area contributed by atoms with Crippen molar-refractivity contribution in [2.45, 2.75) is 25.6 Å². The molecule has 1 rings (SSSR count). The summed E-state index contributed by atoms with van der Waals surface area (Å²) in [5.74, 6) is 0.320. The van der Waals surface area contributed by atoms with Crippen LogP contribution < -0.4 is 4.74 Å². The zero-order valence-electron chi connectivity index (χ0n) is 9.29. The minimum Gasteiger partial charge on any atom is -0.491 e. The van der Waals surface area contributed by atoms with Crippen LogP contribution in [0.3, 0.4) is 0 Å². The minimum absolute atomic E-state index is 0. The average molecular weight is 268 g/mol. The Morgan fingerprint density at radius 2 is 1.76 bits per heavy atom. The normalized spacial score (nSPS) is 12.8. The number of hydrogen-bond acceptors (Lipinski definition) is 2. The highest BCUT2D eigenvalue weighted by Gasteiger charge is 2.29. The van der Waals surface area contributed by atoms with Gasteiger partial charge in [0.1, 0.15) is 12.4 Å². The smallest absolute Gasteiger partial charge is 0.416 e. The Kier molecular flexibility index (Phi) is 6.41. The van der Waals surface area contributed by atoms with E-state index in [1.165, 1.54) is 12.1 Å². The molecule has 0 aliphatic carbocycles. The van der Waals surface area contributed by atoms with E-state index in [0.29, 0.717) is 12.2 Å². The predicted octanol–water partition coefficient (Wildman–Crippen LogP) is 2.97. The Hall–Kier alpha value is -0.880. The second-order valence-electron chi connectivity index (χ2n) is 3.40. The fraction of sp³-hybridized carbons (Fsp3) is 0.455. The Balaban J connectivity index is 0.00000256. The number of aliphatic hydroxyl groups is 1. The molecule has 0 heterocycles. The fourth-order valence-corrected chi connectivity index (χ4v) is 1.05. The zero-order chi connectivity index (χ0) is 12.2. The fourth-order valence-electron chi connectivity index (χ4n) is 1.05. The van der Waals surface area contributed by atoms with Crippen LogP contribution in [0.1, 0.15) is 18.9 Å². The van der Waals surface area contributed by atoms with Crippen molar-refractivity contribution in [2.75, 3.05) is 6.61 Å². The quantitative estimate of drug-likeness (QED) is 0.909. The molecule has 0 radical (unpaired) electrons. The lowest BCUT2D eigenvalue weighted by Gasteiger charge is -2.11. The average Bonchev–Trinajstić information content (AvgIpc) is 2.25. The highest BCUT2D eigenvalue weighted by molar-refractivity contribution is 7.59. The molecule has 0 aliphatic rings. The molecule has 0 aliphatic heterocycles. The van der Waals surface area contributed by atoms with Crippen LogP contribution in [-0.2, 0) is 6.18 Å². The molecule has 6 heteroatoms.